The Balaban J connectivity index is 3.50. The molecule has 0 aliphatic rings. The Bertz CT molecular complexity index is 425. The minimum absolute atomic E-state index is 0.00492. The Kier molecular flexibility index (Phi) is 16.4. The average Bonchev–Trinajstić information content (AvgIpc) is 2.55. The van der Waals surface area contributed by atoms with Crippen molar-refractivity contribution >= 4 is 10.1 Å². The molecule has 0 amide bonds. The van der Waals surface area contributed by atoms with Crippen molar-refractivity contribution in [2.24, 2.45) is 0 Å². The van der Waals surface area contributed by atoms with E-state index < -0.39 is 10.1 Å². The van der Waals surface area contributed by atoms with E-state index in [0.29, 0.717) is 39.5 Å². The Labute approximate surface area is 146 Å². The third kappa shape index (κ3) is 17.5. The summed E-state index contributed by atoms with van der Waals surface area (Å²) in [6.07, 6.45) is 7.30. The van der Waals surface area contributed by atoms with E-state index in [4.69, 9.17) is 14.2 Å². The van der Waals surface area contributed by atoms with Crippen LogP contribution < -0.4 is 0 Å². The Hall–Kier alpha value is -0.850. The molecule has 0 heterocycles. The molecule has 0 aromatic carbocycles. The van der Waals surface area contributed by atoms with Gasteiger partial charge in [-0.1, -0.05) is 32.1 Å². The SMILES string of the molecule is CCCCCCC#COOS(=O)(=O)CCOCCOCCOCC. The molecule has 0 N–H and O–H groups in total. The first kappa shape index (κ1) is 23.1. The van der Waals surface area contributed by atoms with Crippen molar-refractivity contribution in [3.63, 3.8) is 0 Å². The maximum atomic E-state index is 11.5. The summed E-state index contributed by atoms with van der Waals surface area (Å²) in [6.45, 7) is 6.42. The fourth-order valence-electron chi connectivity index (χ4n) is 1.57. The van der Waals surface area contributed by atoms with Crippen LogP contribution in [0.15, 0.2) is 0 Å². The van der Waals surface area contributed by atoms with Crippen molar-refractivity contribution in [1.29, 1.82) is 0 Å². The molecule has 0 aromatic heterocycles. The first-order valence-corrected chi connectivity index (χ1v) is 9.99. The lowest BCUT2D eigenvalue weighted by Crippen LogP contribution is -2.16. The van der Waals surface area contributed by atoms with Gasteiger partial charge in [-0.05, 0) is 17.7 Å². The van der Waals surface area contributed by atoms with Crippen LogP contribution in [0.1, 0.15) is 46.0 Å². The molecule has 0 aromatic rings. The Morgan fingerprint density at radius 3 is 2.17 bits per heavy atom. The third-order valence-corrected chi connectivity index (χ3v) is 3.77. The molecule has 0 aliphatic carbocycles. The number of hydrogen-bond donors (Lipinski definition) is 0. The Morgan fingerprint density at radius 2 is 1.50 bits per heavy atom. The molecule has 0 bridgehead atoms. The van der Waals surface area contributed by atoms with E-state index in [1.165, 1.54) is 6.42 Å². The van der Waals surface area contributed by atoms with Gasteiger partial charge in [-0.2, -0.15) is 8.42 Å². The molecule has 0 rings (SSSR count). The molecule has 0 spiro atoms. The molecule has 0 unspecified atom stereocenters. The van der Waals surface area contributed by atoms with Gasteiger partial charge in [-0.15, -0.1) is 0 Å². The molecule has 0 fully saturated rings. The molecule has 142 valence electrons. The van der Waals surface area contributed by atoms with Gasteiger partial charge in [-0.3, -0.25) is 4.89 Å². The average molecular weight is 366 g/mol. The van der Waals surface area contributed by atoms with E-state index in [0.717, 1.165) is 19.3 Å². The molecule has 0 saturated carbocycles. The monoisotopic (exact) mass is 366 g/mol. The zero-order valence-electron chi connectivity index (χ0n) is 14.8. The minimum atomic E-state index is -3.80. The molecule has 7 nitrogen and oxygen atoms in total. The van der Waals surface area contributed by atoms with Crippen molar-refractivity contribution in [2.45, 2.75) is 46.0 Å². The van der Waals surface area contributed by atoms with E-state index in [2.05, 4.69) is 28.2 Å². The van der Waals surface area contributed by atoms with Gasteiger partial charge in [-0.25, -0.2) is 0 Å². The smallest absolute Gasteiger partial charge is 0.306 e. The first-order valence-electron chi connectivity index (χ1n) is 8.41. The van der Waals surface area contributed by atoms with Gasteiger partial charge in [0.2, 0.25) is 0 Å². The van der Waals surface area contributed by atoms with Crippen LogP contribution in [0.3, 0.4) is 0 Å². The molecule has 0 atom stereocenters. The summed E-state index contributed by atoms with van der Waals surface area (Å²) in [5.74, 6) is 2.40. The summed E-state index contributed by atoms with van der Waals surface area (Å²) in [4.78, 5) is 4.39. The molecule has 0 radical (unpaired) electrons. The van der Waals surface area contributed by atoms with Crippen LogP contribution >= 0.6 is 0 Å². The quantitative estimate of drug-likeness (QED) is 0.179. The standard InChI is InChI=1S/C16H30O7S/c1-3-5-6-7-8-9-10-22-23-24(17,18)16-15-21-14-13-20-12-11-19-4-2/h3-8,11-16H2,1-2H3. The van der Waals surface area contributed by atoms with Crippen LogP contribution in [-0.4, -0.2) is 53.8 Å². The van der Waals surface area contributed by atoms with Gasteiger partial charge in [0.05, 0.1) is 33.0 Å². The minimum Gasteiger partial charge on any atom is -0.379 e. The highest BCUT2D eigenvalue weighted by molar-refractivity contribution is 7.86. The van der Waals surface area contributed by atoms with Gasteiger partial charge < -0.3 is 14.2 Å². The second kappa shape index (κ2) is 17.0. The number of ether oxygens (including phenoxy) is 3. The second-order valence-electron chi connectivity index (χ2n) is 4.92. The lowest BCUT2D eigenvalue weighted by atomic mass is 10.2. The third-order valence-electron chi connectivity index (χ3n) is 2.83. The molecular weight excluding hydrogens is 336 g/mol. The normalized spacial score (nSPS) is 11.1. The van der Waals surface area contributed by atoms with E-state index in [1.54, 1.807) is 0 Å². The van der Waals surface area contributed by atoms with Crippen LogP contribution in [0.5, 0.6) is 0 Å². The lowest BCUT2D eigenvalue weighted by molar-refractivity contribution is -0.127. The van der Waals surface area contributed by atoms with Crippen LogP contribution in [0, 0.1) is 12.0 Å². The fraction of sp³-hybridized carbons (Fsp3) is 0.875. The first-order chi connectivity index (χ1) is 11.6. The summed E-state index contributed by atoms with van der Waals surface area (Å²) in [7, 11) is -3.80. The largest absolute Gasteiger partial charge is 0.379 e. The summed E-state index contributed by atoms with van der Waals surface area (Å²) in [5, 5.41) is 0. The van der Waals surface area contributed by atoms with Gasteiger partial charge in [0.15, 0.2) is 6.11 Å². The van der Waals surface area contributed by atoms with Gasteiger partial charge in [0.25, 0.3) is 0 Å². The summed E-state index contributed by atoms with van der Waals surface area (Å²) >= 11 is 0. The Morgan fingerprint density at radius 1 is 0.833 bits per heavy atom. The van der Waals surface area contributed by atoms with E-state index in [-0.39, 0.29) is 12.4 Å². The zero-order valence-corrected chi connectivity index (χ0v) is 15.6. The number of hydrogen-bond acceptors (Lipinski definition) is 7. The topological polar surface area (TPSA) is 80.3 Å². The second-order valence-corrected chi connectivity index (χ2v) is 6.58. The van der Waals surface area contributed by atoms with Crippen LogP contribution in [0.4, 0.5) is 0 Å². The van der Waals surface area contributed by atoms with Crippen molar-refractivity contribution in [1.82, 2.24) is 0 Å². The van der Waals surface area contributed by atoms with Gasteiger partial charge in [0, 0.05) is 13.0 Å². The van der Waals surface area contributed by atoms with E-state index >= 15 is 0 Å². The van der Waals surface area contributed by atoms with Crippen molar-refractivity contribution in [3.8, 4) is 12.0 Å². The van der Waals surface area contributed by atoms with Crippen molar-refractivity contribution in [2.75, 3.05) is 45.4 Å². The van der Waals surface area contributed by atoms with Crippen LogP contribution in [-0.2, 0) is 33.6 Å². The van der Waals surface area contributed by atoms with Gasteiger partial charge in [0.1, 0.15) is 5.75 Å². The van der Waals surface area contributed by atoms with E-state index in [1.807, 2.05) is 6.92 Å². The predicted octanol–water partition coefficient (Wildman–Crippen LogP) is 2.27. The maximum Gasteiger partial charge on any atom is 0.306 e. The highest BCUT2D eigenvalue weighted by atomic mass is 32.2. The van der Waals surface area contributed by atoms with Gasteiger partial charge >= 0.3 is 10.1 Å². The molecule has 8 heteroatoms. The highest BCUT2D eigenvalue weighted by Crippen LogP contribution is 2.01. The lowest BCUT2D eigenvalue weighted by Gasteiger charge is -2.05. The van der Waals surface area contributed by atoms with Crippen LogP contribution in [0.2, 0.25) is 0 Å². The molecule has 0 saturated heterocycles. The molecular formula is C16H30O7S. The van der Waals surface area contributed by atoms with E-state index in [9.17, 15) is 8.42 Å². The van der Waals surface area contributed by atoms with Crippen molar-refractivity contribution in [3.05, 3.63) is 0 Å². The zero-order chi connectivity index (χ0) is 17.9. The summed E-state index contributed by atoms with van der Waals surface area (Å²) in [6, 6.07) is 0. The summed E-state index contributed by atoms with van der Waals surface area (Å²) in [5.41, 5.74) is 0. The molecule has 24 heavy (non-hydrogen) atoms. The number of unbranched alkanes of at least 4 members (excludes halogenated alkanes) is 4. The van der Waals surface area contributed by atoms with Crippen LogP contribution in [0.25, 0.3) is 0 Å². The molecule has 0 aliphatic heterocycles. The predicted molar refractivity (Wildman–Crippen MR) is 90.6 cm³/mol. The highest BCUT2D eigenvalue weighted by Gasteiger charge is 2.12. The fourth-order valence-corrected chi connectivity index (χ4v) is 2.10. The van der Waals surface area contributed by atoms with Crippen molar-refractivity contribution < 1.29 is 31.8 Å². The summed E-state index contributed by atoms with van der Waals surface area (Å²) < 4.78 is 42.7. The number of rotatable bonds is 16. The maximum absolute atomic E-state index is 11.5.